The molecule has 1 fully saturated rings. The highest BCUT2D eigenvalue weighted by atomic mass is 16.5. The van der Waals surface area contributed by atoms with Gasteiger partial charge in [-0.2, -0.15) is 0 Å². The molecule has 6 N–H and O–H groups in total. The Morgan fingerprint density at radius 3 is 2.78 bits per heavy atom. The minimum Gasteiger partial charge on any atom is -0.494 e. The molecular weight excluding hydrogens is 414 g/mol. The number of amides is 3. The first kappa shape index (κ1) is 18.5. The number of rotatable bonds is 7. The maximum atomic E-state index is 12.6. The highest BCUT2D eigenvalue weighted by Crippen LogP contribution is 2.32. The van der Waals surface area contributed by atoms with Crippen molar-refractivity contribution in [3.05, 3.63) is 35.5 Å². The predicted molar refractivity (Wildman–Crippen MR) is 121 cm³/mol. The van der Waals surface area contributed by atoms with Crippen LogP contribution in [0.1, 0.15) is 33.0 Å². The van der Waals surface area contributed by atoms with E-state index >= 15 is 0 Å². The lowest BCUT2D eigenvalue weighted by Crippen LogP contribution is -2.32. The molecule has 1 aromatic carbocycles. The standard InChI is InChI=1S/C20H25N9O3/c1-23-19(30)16-14(10-15(27-28-16)26-20(31)29-8-3-4-9-29)25-13-7-5-6-12(17(13)32-2)18(22)24-11-21/h5-7,10-11H,3-4,8-9H2,1-2H3,(H,23,30)(H3,21,22,24)(H2,25,26,27,31)/i1D3. The van der Waals surface area contributed by atoms with Crippen molar-refractivity contribution in [1.29, 1.82) is 5.41 Å². The van der Waals surface area contributed by atoms with Gasteiger partial charge in [-0.05, 0) is 25.0 Å². The van der Waals surface area contributed by atoms with E-state index in [2.05, 4.69) is 25.8 Å². The fourth-order valence-corrected chi connectivity index (χ4v) is 3.23. The number of hydrogen-bond acceptors (Lipinski definition) is 7. The smallest absolute Gasteiger partial charge is 0.323 e. The lowest BCUT2D eigenvalue weighted by atomic mass is 10.1. The molecule has 0 unspecified atom stereocenters. The zero-order chi connectivity index (χ0) is 25.6. The van der Waals surface area contributed by atoms with Gasteiger partial charge in [0.15, 0.2) is 17.3 Å². The quantitative estimate of drug-likeness (QED) is 0.319. The van der Waals surface area contributed by atoms with Crippen molar-refractivity contribution in [2.45, 2.75) is 12.8 Å². The number of carbonyl (C=O) groups is 2. The number of nitrogens with one attached hydrogen (secondary N) is 4. The summed E-state index contributed by atoms with van der Waals surface area (Å²) in [5, 5.41) is 22.3. The maximum Gasteiger partial charge on any atom is 0.323 e. The second-order valence-electron chi connectivity index (χ2n) is 6.73. The molecule has 0 saturated carbocycles. The van der Waals surface area contributed by atoms with Gasteiger partial charge in [0.1, 0.15) is 12.2 Å². The minimum atomic E-state index is -2.76. The second-order valence-corrected chi connectivity index (χ2v) is 6.73. The van der Waals surface area contributed by atoms with Gasteiger partial charge in [0.25, 0.3) is 5.91 Å². The van der Waals surface area contributed by atoms with Gasteiger partial charge in [-0.15, -0.1) is 10.2 Å². The fraction of sp³-hybridized carbons (Fsp3) is 0.300. The molecule has 0 radical (unpaired) electrons. The summed E-state index contributed by atoms with van der Waals surface area (Å²) in [6.07, 6.45) is 2.59. The van der Waals surface area contributed by atoms with E-state index in [9.17, 15) is 9.59 Å². The molecule has 3 amide bonds. The van der Waals surface area contributed by atoms with Crippen molar-refractivity contribution >= 4 is 41.3 Å². The number of anilines is 3. The summed E-state index contributed by atoms with van der Waals surface area (Å²) in [5.41, 5.74) is 6.36. The van der Waals surface area contributed by atoms with Crippen LogP contribution in [0.3, 0.4) is 0 Å². The molecule has 12 nitrogen and oxygen atoms in total. The molecule has 1 aliphatic heterocycles. The number of aliphatic imine (C=N–C) groups is 1. The van der Waals surface area contributed by atoms with Gasteiger partial charge in [-0.25, -0.2) is 9.79 Å². The van der Waals surface area contributed by atoms with Crippen LogP contribution < -0.4 is 26.4 Å². The number of benzene rings is 1. The Morgan fingerprint density at radius 2 is 2.09 bits per heavy atom. The van der Waals surface area contributed by atoms with Crippen molar-refractivity contribution in [2.75, 3.05) is 37.8 Å². The minimum absolute atomic E-state index is 0.0206. The van der Waals surface area contributed by atoms with Gasteiger partial charge >= 0.3 is 6.03 Å². The number of ether oxygens (including phenoxy) is 1. The Labute approximate surface area is 189 Å². The molecule has 2 aromatic rings. The number of amidine groups is 1. The first-order chi connectivity index (χ1) is 16.6. The first-order valence-electron chi connectivity index (χ1n) is 11.2. The van der Waals surface area contributed by atoms with Crippen LogP contribution in [0.5, 0.6) is 5.75 Å². The van der Waals surface area contributed by atoms with E-state index < -0.39 is 12.9 Å². The largest absolute Gasteiger partial charge is 0.494 e. The molecular formula is C20H25N9O3. The zero-order valence-electron chi connectivity index (χ0n) is 20.3. The normalized spacial score (nSPS) is 15.2. The molecule has 3 rings (SSSR count). The van der Waals surface area contributed by atoms with E-state index in [1.807, 2.05) is 5.32 Å². The number of methoxy groups -OCH3 is 1. The Morgan fingerprint density at radius 1 is 1.31 bits per heavy atom. The van der Waals surface area contributed by atoms with Crippen molar-refractivity contribution in [1.82, 2.24) is 20.4 Å². The van der Waals surface area contributed by atoms with Crippen molar-refractivity contribution in [3.63, 3.8) is 0 Å². The molecule has 1 saturated heterocycles. The van der Waals surface area contributed by atoms with E-state index in [4.69, 9.17) is 20.0 Å². The van der Waals surface area contributed by atoms with Crippen molar-refractivity contribution in [3.8, 4) is 5.75 Å². The summed E-state index contributed by atoms with van der Waals surface area (Å²) < 4.78 is 27.4. The van der Waals surface area contributed by atoms with Gasteiger partial charge in [0.05, 0.1) is 24.0 Å². The van der Waals surface area contributed by atoms with Crippen molar-refractivity contribution < 1.29 is 18.4 Å². The summed E-state index contributed by atoms with van der Waals surface area (Å²) >= 11 is 0. The molecule has 12 heteroatoms. The number of likely N-dealkylation sites (tertiary alicyclic amines) is 1. The molecule has 1 aliphatic rings. The van der Waals surface area contributed by atoms with Gasteiger partial charge in [0, 0.05) is 30.2 Å². The molecule has 32 heavy (non-hydrogen) atoms. The number of nitrogens with two attached hydrogens (primary N) is 1. The van der Waals surface area contributed by atoms with Gasteiger partial charge in [0.2, 0.25) is 0 Å². The molecule has 168 valence electrons. The van der Waals surface area contributed by atoms with Crippen LogP contribution >= 0.6 is 0 Å². The number of aromatic nitrogens is 2. The van der Waals surface area contributed by atoms with E-state index in [0.717, 1.165) is 19.2 Å². The topological polar surface area (TPSA) is 171 Å². The summed E-state index contributed by atoms with van der Waals surface area (Å²) in [4.78, 5) is 30.5. The molecule has 0 bridgehead atoms. The lowest BCUT2D eigenvalue weighted by Gasteiger charge is -2.18. The average Bonchev–Trinajstić information content (AvgIpc) is 3.33. The highest BCUT2D eigenvalue weighted by Gasteiger charge is 2.21. The van der Waals surface area contributed by atoms with E-state index in [0.29, 0.717) is 24.3 Å². The highest BCUT2D eigenvalue weighted by molar-refractivity contribution is 6.05. The Hall–Kier alpha value is -4.22. The number of carbonyl (C=O) groups excluding carboxylic acids is 2. The van der Waals surface area contributed by atoms with Gasteiger partial charge in [-0.1, -0.05) is 6.07 Å². The summed E-state index contributed by atoms with van der Waals surface area (Å²) in [5.74, 6) is -0.684. The van der Waals surface area contributed by atoms with Gasteiger partial charge < -0.3 is 26.0 Å². The van der Waals surface area contributed by atoms with Crippen molar-refractivity contribution in [2.24, 2.45) is 10.7 Å². The number of nitrogens with zero attached hydrogens (tertiary/aromatic N) is 4. The van der Waals surface area contributed by atoms with E-state index in [1.54, 1.807) is 23.1 Å². The lowest BCUT2D eigenvalue weighted by molar-refractivity contribution is 0.0958. The summed E-state index contributed by atoms with van der Waals surface area (Å²) in [7, 11) is 1.40. The number of hydrogen-bond donors (Lipinski definition) is 5. The Bertz CT molecular complexity index is 1150. The van der Waals surface area contributed by atoms with Gasteiger partial charge in [-0.3, -0.25) is 15.5 Å². The molecule has 2 heterocycles. The van der Waals surface area contributed by atoms with Crippen LogP contribution in [0.15, 0.2) is 29.3 Å². The molecule has 1 aromatic heterocycles. The van der Waals surface area contributed by atoms with Crippen LogP contribution in [-0.2, 0) is 0 Å². The van der Waals surface area contributed by atoms with Crippen LogP contribution in [0, 0.1) is 5.41 Å². The number of urea groups is 1. The molecule has 0 aliphatic carbocycles. The maximum absolute atomic E-state index is 12.6. The van der Waals surface area contributed by atoms with Crippen LogP contribution in [-0.4, -0.2) is 66.4 Å². The SMILES string of the molecule is [2H]C([2H])([2H])NC(=O)c1nnc(NC(=O)N2CCCC2)cc1Nc1cccc(C(N)=NC=N)c1OC. The average molecular weight is 442 g/mol. The molecule has 0 atom stereocenters. The first-order valence-corrected chi connectivity index (χ1v) is 9.65. The third kappa shape index (κ3) is 4.91. The molecule has 0 spiro atoms. The summed E-state index contributed by atoms with van der Waals surface area (Å²) in [6, 6.07) is 5.88. The monoisotopic (exact) mass is 442 g/mol. The third-order valence-electron chi connectivity index (χ3n) is 4.72. The Kier molecular flexibility index (Phi) is 5.91. The van der Waals surface area contributed by atoms with Crippen LogP contribution in [0.25, 0.3) is 0 Å². The van der Waals surface area contributed by atoms with E-state index in [1.165, 1.54) is 13.2 Å². The fourth-order valence-electron chi connectivity index (χ4n) is 3.23. The number of para-hydroxylation sites is 1. The van der Waals surface area contributed by atoms with Crippen LogP contribution in [0.2, 0.25) is 0 Å². The zero-order valence-corrected chi connectivity index (χ0v) is 17.3. The van der Waals surface area contributed by atoms with E-state index in [-0.39, 0.29) is 34.8 Å². The predicted octanol–water partition coefficient (Wildman–Crippen LogP) is 1.53. The third-order valence-corrected chi connectivity index (χ3v) is 4.72. The second kappa shape index (κ2) is 10.2. The Balaban J connectivity index is 2.01. The summed E-state index contributed by atoms with van der Waals surface area (Å²) in [6.45, 7) is -1.52. The van der Waals surface area contributed by atoms with Crippen LogP contribution in [0.4, 0.5) is 22.0 Å².